The molecule has 1 N–H and O–H groups in total. The molecule has 8 heteroatoms. The first kappa shape index (κ1) is 18.2. The van der Waals surface area contributed by atoms with E-state index in [4.69, 9.17) is 0 Å². The second kappa shape index (κ2) is 6.78. The topological polar surface area (TPSA) is 55.4 Å². The first-order valence-electron chi connectivity index (χ1n) is 7.39. The number of hydrogen-bond acceptors (Lipinski definition) is 3. The smallest absolute Gasteiger partial charge is 0.389 e. The Labute approximate surface area is 136 Å². The van der Waals surface area contributed by atoms with Gasteiger partial charge < -0.3 is 10.1 Å². The molecular weight excluding hydrogens is 330 g/mol. The van der Waals surface area contributed by atoms with Gasteiger partial charge in [0.1, 0.15) is 5.82 Å². The number of benzene rings is 1. The van der Waals surface area contributed by atoms with E-state index in [1.54, 1.807) is 0 Å². The van der Waals surface area contributed by atoms with Crippen LogP contribution >= 0.6 is 0 Å². The van der Waals surface area contributed by atoms with Crippen molar-refractivity contribution in [3.63, 3.8) is 0 Å². The molecule has 0 bridgehead atoms. The lowest BCUT2D eigenvalue weighted by atomic mass is 9.92. The molecule has 1 fully saturated rings. The molecule has 0 aromatic heterocycles. The maximum Gasteiger partial charge on any atom is 0.389 e. The van der Waals surface area contributed by atoms with Gasteiger partial charge >= 0.3 is 12.1 Å². The number of alkyl halides is 3. The first-order chi connectivity index (χ1) is 11.1. The second-order valence-electron chi connectivity index (χ2n) is 5.89. The third kappa shape index (κ3) is 4.69. The number of esters is 1. The predicted octanol–water partition coefficient (Wildman–Crippen LogP) is 3.70. The molecule has 1 saturated carbocycles. The highest BCUT2D eigenvalue weighted by atomic mass is 19.4. The molecule has 1 aliphatic carbocycles. The summed E-state index contributed by atoms with van der Waals surface area (Å²) in [6.07, 6.45) is -4.93. The molecular formula is C16H17F4NO3. The molecule has 0 saturated heterocycles. The Kier molecular flexibility index (Phi) is 5.15. The van der Waals surface area contributed by atoms with Crippen molar-refractivity contribution in [3.8, 4) is 0 Å². The summed E-state index contributed by atoms with van der Waals surface area (Å²) in [6.45, 7) is 0. The summed E-state index contributed by atoms with van der Waals surface area (Å²) in [7, 11) is 1.27. The van der Waals surface area contributed by atoms with Gasteiger partial charge in [-0.2, -0.15) is 13.2 Å². The molecule has 0 atom stereocenters. The third-order valence-corrected chi connectivity index (χ3v) is 4.05. The Morgan fingerprint density at radius 1 is 1.29 bits per heavy atom. The van der Waals surface area contributed by atoms with E-state index in [9.17, 15) is 27.2 Å². The summed E-state index contributed by atoms with van der Waals surface area (Å²) in [5, 5.41) is 2.16. The van der Waals surface area contributed by atoms with E-state index in [1.165, 1.54) is 19.2 Å². The summed E-state index contributed by atoms with van der Waals surface area (Å²) in [4.78, 5) is 23.0. The molecule has 0 aliphatic heterocycles. The zero-order valence-electron chi connectivity index (χ0n) is 13.0. The van der Waals surface area contributed by atoms with E-state index in [-0.39, 0.29) is 12.1 Å². The summed E-state index contributed by atoms with van der Waals surface area (Å²) in [6, 6.07) is 4.01. The van der Waals surface area contributed by atoms with Crippen LogP contribution in [0.5, 0.6) is 0 Å². The highest BCUT2D eigenvalue weighted by Gasteiger charge is 2.46. The van der Waals surface area contributed by atoms with Crippen molar-refractivity contribution in [1.29, 1.82) is 0 Å². The van der Waals surface area contributed by atoms with Crippen molar-refractivity contribution in [2.75, 3.05) is 12.4 Å². The van der Waals surface area contributed by atoms with Gasteiger partial charge in [0.2, 0.25) is 5.91 Å². The Bertz CT molecular complexity index is 639. The quantitative estimate of drug-likeness (QED) is 0.631. The maximum absolute atomic E-state index is 13.8. The first-order valence-corrected chi connectivity index (χ1v) is 7.39. The lowest BCUT2D eigenvalue weighted by Gasteiger charge is -2.16. The van der Waals surface area contributed by atoms with Gasteiger partial charge in [0.25, 0.3) is 0 Å². The number of methoxy groups -OCH3 is 1. The zero-order chi connectivity index (χ0) is 18.0. The van der Waals surface area contributed by atoms with Crippen molar-refractivity contribution < 1.29 is 31.9 Å². The van der Waals surface area contributed by atoms with Gasteiger partial charge in [-0.15, -0.1) is 0 Å². The Hall–Kier alpha value is -2.12. The third-order valence-electron chi connectivity index (χ3n) is 4.05. The number of ether oxygens (including phenoxy) is 1. The van der Waals surface area contributed by atoms with E-state index in [0.29, 0.717) is 5.56 Å². The van der Waals surface area contributed by atoms with E-state index >= 15 is 0 Å². The van der Waals surface area contributed by atoms with Gasteiger partial charge in [0.05, 0.1) is 25.6 Å². The van der Waals surface area contributed by atoms with Crippen molar-refractivity contribution in [2.45, 2.75) is 43.7 Å². The van der Waals surface area contributed by atoms with Crippen LogP contribution in [0.2, 0.25) is 0 Å². The molecule has 1 amide bonds. The number of nitrogens with one attached hydrogen (secondary N) is 1. The van der Waals surface area contributed by atoms with Crippen LogP contribution < -0.4 is 5.32 Å². The summed E-state index contributed by atoms with van der Waals surface area (Å²) in [5.41, 5.74) is 0.0166. The van der Waals surface area contributed by atoms with E-state index in [0.717, 1.165) is 18.9 Å². The fourth-order valence-electron chi connectivity index (χ4n) is 2.49. The number of carbonyl (C=O) groups excluding carboxylic acids is 2. The van der Waals surface area contributed by atoms with Crippen molar-refractivity contribution in [3.05, 3.63) is 29.6 Å². The minimum absolute atomic E-state index is 0.136. The lowest BCUT2D eigenvalue weighted by Crippen LogP contribution is -2.18. The molecule has 1 aromatic carbocycles. The van der Waals surface area contributed by atoms with Gasteiger partial charge in [-0.05, 0) is 30.5 Å². The van der Waals surface area contributed by atoms with Gasteiger partial charge in [-0.3, -0.25) is 9.59 Å². The minimum Gasteiger partial charge on any atom is -0.469 e. The number of rotatable bonds is 6. The Morgan fingerprint density at radius 3 is 2.50 bits per heavy atom. The van der Waals surface area contributed by atoms with Gasteiger partial charge in [0.15, 0.2) is 0 Å². The van der Waals surface area contributed by atoms with Crippen LogP contribution in [0, 0.1) is 5.82 Å². The molecule has 0 radical (unpaired) electrons. The highest BCUT2D eigenvalue weighted by molar-refractivity contribution is 5.91. The average molecular weight is 347 g/mol. The molecule has 0 spiro atoms. The zero-order valence-corrected chi connectivity index (χ0v) is 13.0. The molecule has 24 heavy (non-hydrogen) atoms. The summed E-state index contributed by atoms with van der Waals surface area (Å²) >= 11 is 0. The fraction of sp³-hybridized carbons (Fsp3) is 0.500. The monoisotopic (exact) mass is 347 g/mol. The Morgan fingerprint density at radius 2 is 1.96 bits per heavy atom. The van der Waals surface area contributed by atoms with Crippen molar-refractivity contribution >= 4 is 17.6 Å². The van der Waals surface area contributed by atoms with Gasteiger partial charge in [0, 0.05) is 11.8 Å². The van der Waals surface area contributed by atoms with Crippen molar-refractivity contribution in [2.24, 2.45) is 0 Å². The molecule has 4 nitrogen and oxygen atoms in total. The van der Waals surface area contributed by atoms with Crippen LogP contribution in [-0.2, 0) is 19.7 Å². The van der Waals surface area contributed by atoms with Crippen molar-refractivity contribution in [1.82, 2.24) is 0 Å². The Balaban J connectivity index is 2.09. The molecule has 1 aliphatic rings. The molecule has 0 heterocycles. The van der Waals surface area contributed by atoms with Crippen LogP contribution in [0.25, 0.3) is 0 Å². The standard InChI is InChI=1S/C16H17F4NO3/c1-24-14(23)9-15(6-7-15)10-2-3-11(17)12(8-10)21-13(22)4-5-16(18,19)20/h2-3,8H,4-7,9H2,1H3,(H,21,22). The highest BCUT2D eigenvalue weighted by Crippen LogP contribution is 2.51. The van der Waals surface area contributed by atoms with Gasteiger partial charge in [-0.1, -0.05) is 6.07 Å². The minimum atomic E-state index is -4.45. The molecule has 1 aromatic rings. The average Bonchev–Trinajstić information content (AvgIpc) is 3.27. The SMILES string of the molecule is COC(=O)CC1(c2ccc(F)c(NC(=O)CCC(F)(F)F)c2)CC1. The number of halogens is 4. The van der Waals surface area contributed by atoms with Crippen LogP contribution in [0.1, 0.15) is 37.7 Å². The van der Waals surface area contributed by atoms with Crippen LogP contribution in [0.3, 0.4) is 0 Å². The van der Waals surface area contributed by atoms with E-state index < -0.39 is 42.1 Å². The number of anilines is 1. The lowest BCUT2D eigenvalue weighted by molar-refractivity contribution is -0.142. The largest absolute Gasteiger partial charge is 0.469 e. The van der Waals surface area contributed by atoms with Crippen LogP contribution in [-0.4, -0.2) is 25.2 Å². The molecule has 0 unspecified atom stereocenters. The fourth-order valence-corrected chi connectivity index (χ4v) is 2.49. The second-order valence-corrected chi connectivity index (χ2v) is 5.89. The summed E-state index contributed by atoms with van der Waals surface area (Å²) in [5.74, 6) is -2.05. The maximum atomic E-state index is 13.8. The van der Waals surface area contributed by atoms with E-state index in [2.05, 4.69) is 10.1 Å². The predicted molar refractivity (Wildman–Crippen MR) is 77.9 cm³/mol. The van der Waals surface area contributed by atoms with Gasteiger partial charge in [-0.25, -0.2) is 4.39 Å². The molecule has 2 rings (SSSR count). The van der Waals surface area contributed by atoms with E-state index in [1.807, 2.05) is 0 Å². The van der Waals surface area contributed by atoms with Crippen LogP contribution in [0.15, 0.2) is 18.2 Å². The number of carbonyl (C=O) groups is 2. The number of hydrogen-bond donors (Lipinski definition) is 1. The summed E-state index contributed by atoms with van der Waals surface area (Å²) < 4.78 is 54.8. The molecule has 132 valence electrons. The van der Waals surface area contributed by atoms with Crippen LogP contribution in [0.4, 0.5) is 23.2 Å². The number of amides is 1. The normalized spacial score (nSPS) is 15.7.